The summed E-state index contributed by atoms with van der Waals surface area (Å²) in [5.74, 6) is -0.309. The predicted octanol–water partition coefficient (Wildman–Crippen LogP) is -0.924. The summed E-state index contributed by atoms with van der Waals surface area (Å²) >= 11 is 0. The normalized spacial score (nSPS) is 52.8. The van der Waals surface area contributed by atoms with Gasteiger partial charge in [-0.15, -0.1) is 0 Å². The number of fused-ring (bicyclic) bond motifs is 5. The number of allylic oxidation sites excluding steroid dienone is 2. The van der Waals surface area contributed by atoms with Gasteiger partial charge >= 0.3 is 0 Å². The van der Waals surface area contributed by atoms with Crippen molar-refractivity contribution >= 4 is 0 Å². The largest absolute Gasteiger partial charge is 0.394 e. The van der Waals surface area contributed by atoms with E-state index in [0.29, 0.717) is 32.1 Å². The topological polar surface area (TPSA) is 337 Å². The molecule has 0 bridgehead atoms. The van der Waals surface area contributed by atoms with Gasteiger partial charge < -0.3 is 104 Å². The van der Waals surface area contributed by atoms with E-state index >= 15 is 0 Å². The highest BCUT2D eigenvalue weighted by atomic mass is 16.8. The second-order valence-electron chi connectivity index (χ2n) is 24.8. The average molecular weight is 1050 g/mol. The third-order valence-electron chi connectivity index (χ3n) is 20.1. The van der Waals surface area contributed by atoms with Crippen LogP contribution in [0.3, 0.4) is 0 Å². The Morgan fingerprint density at radius 2 is 1.19 bits per heavy atom. The summed E-state index contributed by atoms with van der Waals surface area (Å²) in [6, 6.07) is 0. The minimum Gasteiger partial charge on any atom is -0.394 e. The smallest absolute Gasteiger partial charge is 0.187 e. The molecule has 28 unspecified atom stereocenters. The SMILES string of the molecule is CC(C)=CCCC(C)(OC1OC(COC2OCC(O)C(O)C2O)C(O)C(O)C1O)C1CCC2(C)C1C(O)CC1C3(C)CCC(OC4OC(CO)C(O)C(O)C4OC4OCC(O)C(O)C4O)C(C)(C)C3CCC12C. The molecular weight excluding hydrogens is 961 g/mol. The van der Waals surface area contributed by atoms with Crippen LogP contribution in [0.2, 0.25) is 0 Å². The van der Waals surface area contributed by atoms with E-state index in [1.165, 1.54) is 0 Å². The molecule has 4 saturated carbocycles. The van der Waals surface area contributed by atoms with Crippen LogP contribution in [0.15, 0.2) is 11.6 Å². The first kappa shape index (κ1) is 58.1. The first-order valence-electron chi connectivity index (χ1n) is 26.7. The van der Waals surface area contributed by atoms with E-state index in [0.717, 1.165) is 31.3 Å². The lowest BCUT2D eigenvalue weighted by Gasteiger charge is -2.71. The Bertz CT molecular complexity index is 1890. The van der Waals surface area contributed by atoms with Gasteiger partial charge in [0.15, 0.2) is 25.2 Å². The van der Waals surface area contributed by atoms with Crippen LogP contribution in [0.5, 0.6) is 0 Å². The molecule has 8 aliphatic rings. The molecule has 8 rings (SSSR count). The van der Waals surface area contributed by atoms with Crippen molar-refractivity contribution in [2.45, 2.75) is 242 Å². The van der Waals surface area contributed by atoms with E-state index in [4.69, 9.17) is 37.9 Å². The molecule has 4 heterocycles. The van der Waals surface area contributed by atoms with Crippen LogP contribution >= 0.6 is 0 Å². The van der Waals surface area contributed by atoms with Crippen LogP contribution in [0.25, 0.3) is 0 Å². The molecule has 0 aromatic carbocycles. The van der Waals surface area contributed by atoms with Crippen molar-refractivity contribution in [3.8, 4) is 0 Å². The van der Waals surface area contributed by atoms with Crippen molar-refractivity contribution < 1.29 is 104 Å². The third-order valence-corrected chi connectivity index (χ3v) is 20.1. The summed E-state index contributed by atoms with van der Waals surface area (Å²) in [5, 5.41) is 141. The van der Waals surface area contributed by atoms with Crippen LogP contribution < -0.4 is 0 Å². The number of hydrogen-bond donors (Lipinski definition) is 13. The number of rotatable bonds is 14. The first-order valence-corrected chi connectivity index (χ1v) is 26.7. The van der Waals surface area contributed by atoms with E-state index < -0.39 is 147 Å². The maximum Gasteiger partial charge on any atom is 0.187 e. The molecule has 13 N–H and O–H groups in total. The van der Waals surface area contributed by atoms with Crippen molar-refractivity contribution in [1.29, 1.82) is 0 Å². The van der Waals surface area contributed by atoms with E-state index in [1.807, 2.05) is 20.8 Å². The van der Waals surface area contributed by atoms with Crippen LogP contribution in [-0.2, 0) is 37.9 Å². The molecule has 0 amide bonds. The van der Waals surface area contributed by atoms with Gasteiger partial charge in [-0.3, -0.25) is 0 Å². The van der Waals surface area contributed by atoms with E-state index in [1.54, 1.807) is 0 Å². The second kappa shape index (κ2) is 21.9. The number of ether oxygens (including phenoxy) is 8. The molecule has 0 aromatic heterocycles. The van der Waals surface area contributed by atoms with Crippen molar-refractivity contribution in [2.75, 3.05) is 26.4 Å². The Hall–Kier alpha value is -1.10. The molecule has 4 aliphatic heterocycles. The lowest BCUT2D eigenvalue weighted by atomic mass is 9.35. The highest BCUT2D eigenvalue weighted by Gasteiger charge is 2.72. The molecule has 0 aromatic rings. The minimum absolute atomic E-state index is 0.0771. The van der Waals surface area contributed by atoms with Crippen LogP contribution in [0.1, 0.15) is 113 Å². The highest BCUT2D eigenvalue weighted by Crippen LogP contribution is 2.76. The van der Waals surface area contributed by atoms with Gasteiger partial charge in [0.2, 0.25) is 0 Å². The zero-order valence-corrected chi connectivity index (χ0v) is 43.7. The monoisotopic (exact) mass is 1050 g/mol. The van der Waals surface area contributed by atoms with Crippen molar-refractivity contribution in [3.63, 3.8) is 0 Å². The Morgan fingerprint density at radius 3 is 1.84 bits per heavy atom. The van der Waals surface area contributed by atoms with Gasteiger partial charge in [-0.1, -0.05) is 46.3 Å². The molecule has 0 spiro atoms. The molecule has 21 nitrogen and oxygen atoms in total. The lowest BCUT2D eigenvalue weighted by molar-refractivity contribution is -0.371. The lowest BCUT2D eigenvalue weighted by Crippen LogP contribution is -2.68. The Labute approximate surface area is 428 Å². The molecule has 28 atom stereocenters. The summed E-state index contributed by atoms with van der Waals surface area (Å²) in [4.78, 5) is 0. The van der Waals surface area contributed by atoms with Crippen molar-refractivity contribution in [1.82, 2.24) is 0 Å². The summed E-state index contributed by atoms with van der Waals surface area (Å²) in [6.07, 6.45) is -19.9. The Morgan fingerprint density at radius 1 is 0.603 bits per heavy atom. The maximum atomic E-state index is 12.8. The standard InChI is InChI=1S/C52H88O21/c1-23(2)10-9-14-52(8,73-46-42(65)38(61)37(60)29(70-46)22-68-44-40(63)34(57)26(55)20-66-44)24-11-16-51(7)33(24)25(54)18-31-49(5)15-13-32(48(3,4)30(49)12-17-50(31,51)6)71-47-43(39(62)36(59)28(19-53)69-47)72-45-41(64)35(58)27(56)21-67-45/h10,24-47,53-65H,9,11-22H2,1-8H3. The average Bonchev–Trinajstić information content (AvgIpc) is 3.72. The molecule has 422 valence electrons. The van der Waals surface area contributed by atoms with Gasteiger partial charge in [-0.2, -0.15) is 0 Å². The molecule has 21 heteroatoms. The van der Waals surface area contributed by atoms with Gasteiger partial charge in [0.1, 0.15) is 85.5 Å². The highest BCUT2D eigenvalue weighted by molar-refractivity contribution is 5.20. The second-order valence-corrected chi connectivity index (χ2v) is 24.8. The van der Waals surface area contributed by atoms with Gasteiger partial charge in [-0.25, -0.2) is 0 Å². The van der Waals surface area contributed by atoms with Crippen molar-refractivity contribution in [3.05, 3.63) is 11.6 Å². The van der Waals surface area contributed by atoms with E-state index in [2.05, 4.69) is 40.7 Å². The number of aliphatic hydroxyl groups excluding tert-OH is 13. The van der Waals surface area contributed by atoms with E-state index in [-0.39, 0.29) is 53.1 Å². The molecular formula is C52H88O21. The summed E-state index contributed by atoms with van der Waals surface area (Å²) < 4.78 is 48.6. The van der Waals surface area contributed by atoms with Crippen LogP contribution in [0.4, 0.5) is 0 Å². The fourth-order valence-electron chi connectivity index (χ4n) is 15.7. The van der Waals surface area contributed by atoms with E-state index in [9.17, 15) is 66.4 Å². The van der Waals surface area contributed by atoms with Crippen LogP contribution in [-0.4, -0.2) is 221 Å². The van der Waals surface area contributed by atoms with Crippen LogP contribution in [0, 0.1) is 45.3 Å². The fraction of sp³-hybridized carbons (Fsp3) is 0.962. The number of hydrogen-bond acceptors (Lipinski definition) is 21. The third kappa shape index (κ3) is 10.3. The fourth-order valence-corrected chi connectivity index (χ4v) is 15.7. The molecule has 4 saturated heterocycles. The Balaban J connectivity index is 1.01. The maximum absolute atomic E-state index is 12.8. The summed E-state index contributed by atoms with van der Waals surface area (Å²) in [7, 11) is 0. The summed E-state index contributed by atoms with van der Waals surface area (Å²) in [5.41, 5.74) is -1.35. The molecule has 0 radical (unpaired) electrons. The summed E-state index contributed by atoms with van der Waals surface area (Å²) in [6.45, 7) is 15.6. The minimum atomic E-state index is -1.70. The quantitative estimate of drug-likeness (QED) is 0.0739. The van der Waals surface area contributed by atoms with Gasteiger partial charge in [-0.05, 0) is 124 Å². The van der Waals surface area contributed by atoms with Crippen molar-refractivity contribution in [2.24, 2.45) is 45.3 Å². The zero-order valence-electron chi connectivity index (χ0n) is 43.7. The predicted molar refractivity (Wildman–Crippen MR) is 254 cm³/mol. The number of aliphatic hydroxyl groups is 13. The van der Waals surface area contributed by atoms with Gasteiger partial charge in [0.05, 0.1) is 44.2 Å². The molecule has 4 aliphatic carbocycles. The first-order chi connectivity index (χ1) is 34.1. The Kier molecular flexibility index (Phi) is 17.4. The van der Waals surface area contributed by atoms with Gasteiger partial charge in [0.25, 0.3) is 0 Å². The molecule has 73 heavy (non-hydrogen) atoms. The van der Waals surface area contributed by atoms with Gasteiger partial charge in [0, 0.05) is 0 Å². The molecule has 8 fully saturated rings. The zero-order chi connectivity index (χ0) is 53.5.